The minimum absolute atomic E-state index is 0.120. The Morgan fingerprint density at radius 2 is 1.96 bits per heavy atom. The summed E-state index contributed by atoms with van der Waals surface area (Å²) in [5, 5.41) is 0. The Hall–Kier alpha value is -2.73. The lowest BCUT2D eigenvalue weighted by Crippen LogP contribution is -2.13. The van der Waals surface area contributed by atoms with Crippen LogP contribution >= 0.6 is 0 Å². The number of carbonyl (C=O) groups is 1. The van der Waals surface area contributed by atoms with Crippen LogP contribution in [0.4, 0.5) is 0 Å². The molecule has 0 aliphatic rings. The van der Waals surface area contributed by atoms with Crippen LogP contribution in [-0.4, -0.2) is 39.8 Å². The van der Waals surface area contributed by atoms with Crippen molar-refractivity contribution in [3.8, 4) is 5.82 Å². The number of hydrogen-bond acceptors (Lipinski definition) is 5. The molecule has 2 aromatic heterocycles. The molecule has 0 radical (unpaired) electrons. The molecule has 1 aromatic carbocycles. The highest BCUT2D eigenvalue weighted by Gasteiger charge is 2.10. The van der Waals surface area contributed by atoms with Crippen molar-refractivity contribution in [2.45, 2.75) is 20.0 Å². The molecule has 0 saturated heterocycles. The predicted octanol–water partition coefficient (Wildman–Crippen LogP) is 3.00. The Labute approximate surface area is 140 Å². The van der Waals surface area contributed by atoms with Gasteiger partial charge in [-0.1, -0.05) is 12.1 Å². The van der Waals surface area contributed by atoms with Crippen molar-refractivity contribution in [3.63, 3.8) is 0 Å². The molecule has 0 atom stereocenters. The molecule has 0 spiro atoms. The van der Waals surface area contributed by atoms with Gasteiger partial charge >= 0.3 is 5.97 Å². The number of imidazole rings is 1. The quantitative estimate of drug-likeness (QED) is 0.515. The normalized spacial score (nSPS) is 11.1. The van der Waals surface area contributed by atoms with Gasteiger partial charge in [0.2, 0.25) is 0 Å². The standard InChI is InChI=1S/C18H19N3O3/c1-13(2)23-9-10-24-18(22)14-7-8-17(19-11-14)21-12-20-15-5-3-4-6-16(15)21/h3-8,11-13H,9-10H2,1-2H3. The molecular formula is C18H19N3O3. The van der Waals surface area contributed by atoms with Crippen LogP contribution in [-0.2, 0) is 9.47 Å². The molecule has 3 rings (SSSR count). The van der Waals surface area contributed by atoms with Crippen LogP contribution in [0.15, 0.2) is 48.9 Å². The molecule has 0 fully saturated rings. The zero-order valence-corrected chi connectivity index (χ0v) is 13.7. The molecule has 6 nitrogen and oxygen atoms in total. The third-order valence-electron chi connectivity index (χ3n) is 3.45. The number of carbonyl (C=O) groups excluding carboxylic acids is 1. The van der Waals surface area contributed by atoms with E-state index in [1.54, 1.807) is 18.5 Å². The summed E-state index contributed by atoms with van der Waals surface area (Å²) in [5.74, 6) is 0.292. The van der Waals surface area contributed by atoms with Gasteiger partial charge in [-0.2, -0.15) is 0 Å². The van der Waals surface area contributed by atoms with E-state index in [9.17, 15) is 4.79 Å². The molecule has 0 saturated carbocycles. The topological polar surface area (TPSA) is 66.2 Å². The summed E-state index contributed by atoms with van der Waals surface area (Å²) in [6.45, 7) is 4.48. The SMILES string of the molecule is CC(C)OCCOC(=O)c1ccc(-n2cnc3ccccc32)nc1. The molecule has 0 N–H and O–H groups in total. The van der Waals surface area contributed by atoms with Crippen LogP contribution in [0.2, 0.25) is 0 Å². The lowest BCUT2D eigenvalue weighted by molar-refractivity contribution is 0.0176. The van der Waals surface area contributed by atoms with Crippen molar-refractivity contribution in [3.05, 3.63) is 54.5 Å². The van der Waals surface area contributed by atoms with E-state index in [-0.39, 0.29) is 12.7 Å². The Bertz CT molecular complexity index is 825. The second-order valence-corrected chi connectivity index (χ2v) is 5.56. The van der Waals surface area contributed by atoms with E-state index in [0.717, 1.165) is 11.0 Å². The maximum atomic E-state index is 12.0. The third-order valence-corrected chi connectivity index (χ3v) is 3.45. The Kier molecular flexibility index (Phi) is 4.86. The molecule has 0 amide bonds. The second-order valence-electron chi connectivity index (χ2n) is 5.56. The number of fused-ring (bicyclic) bond motifs is 1. The summed E-state index contributed by atoms with van der Waals surface area (Å²) in [4.78, 5) is 20.6. The van der Waals surface area contributed by atoms with Gasteiger partial charge in [0.15, 0.2) is 0 Å². The smallest absolute Gasteiger partial charge is 0.339 e. The van der Waals surface area contributed by atoms with E-state index in [1.165, 1.54) is 6.20 Å². The summed E-state index contributed by atoms with van der Waals surface area (Å²) in [7, 11) is 0. The molecule has 0 unspecified atom stereocenters. The summed E-state index contributed by atoms with van der Waals surface area (Å²) in [5.41, 5.74) is 2.27. The first-order chi connectivity index (χ1) is 11.6. The maximum absolute atomic E-state index is 12.0. The maximum Gasteiger partial charge on any atom is 0.339 e. The van der Waals surface area contributed by atoms with Crippen molar-refractivity contribution in [2.75, 3.05) is 13.2 Å². The van der Waals surface area contributed by atoms with Crippen LogP contribution in [0.3, 0.4) is 0 Å². The van der Waals surface area contributed by atoms with Gasteiger partial charge in [0, 0.05) is 6.20 Å². The number of esters is 1. The zero-order chi connectivity index (χ0) is 16.9. The minimum atomic E-state index is -0.406. The van der Waals surface area contributed by atoms with Crippen LogP contribution in [0.25, 0.3) is 16.9 Å². The molecular weight excluding hydrogens is 306 g/mol. The average Bonchev–Trinajstić information content (AvgIpc) is 3.02. The zero-order valence-electron chi connectivity index (χ0n) is 13.7. The highest BCUT2D eigenvalue weighted by Crippen LogP contribution is 2.16. The number of ether oxygens (including phenoxy) is 2. The van der Waals surface area contributed by atoms with Gasteiger partial charge in [-0.25, -0.2) is 14.8 Å². The van der Waals surface area contributed by atoms with Gasteiger partial charge in [-0.15, -0.1) is 0 Å². The summed E-state index contributed by atoms with van der Waals surface area (Å²) in [6.07, 6.45) is 3.35. The van der Waals surface area contributed by atoms with Gasteiger partial charge in [0.1, 0.15) is 18.8 Å². The predicted molar refractivity (Wildman–Crippen MR) is 90.2 cm³/mol. The summed E-state index contributed by atoms with van der Waals surface area (Å²) >= 11 is 0. The monoisotopic (exact) mass is 325 g/mol. The number of nitrogens with zero attached hydrogens (tertiary/aromatic N) is 3. The largest absolute Gasteiger partial charge is 0.460 e. The van der Waals surface area contributed by atoms with Gasteiger partial charge in [-0.3, -0.25) is 4.57 Å². The lowest BCUT2D eigenvalue weighted by atomic mass is 10.3. The first-order valence-electron chi connectivity index (χ1n) is 7.82. The van der Waals surface area contributed by atoms with E-state index in [0.29, 0.717) is 18.0 Å². The second kappa shape index (κ2) is 7.23. The average molecular weight is 325 g/mol. The van der Waals surface area contributed by atoms with Crippen molar-refractivity contribution in [2.24, 2.45) is 0 Å². The van der Waals surface area contributed by atoms with E-state index in [2.05, 4.69) is 9.97 Å². The highest BCUT2D eigenvalue weighted by atomic mass is 16.6. The van der Waals surface area contributed by atoms with Crippen LogP contribution in [0.1, 0.15) is 24.2 Å². The number of rotatable bonds is 6. The van der Waals surface area contributed by atoms with Crippen LogP contribution in [0, 0.1) is 0 Å². The summed E-state index contributed by atoms with van der Waals surface area (Å²) < 4.78 is 12.4. The molecule has 6 heteroatoms. The number of para-hydroxylation sites is 2. The lowest BCUT2D eigenvalue weighted by Gasteiger charge is -2.08. The van der Waals surface area contributed by atoms with E-state index in [4.69, 9.17) is 9.47 Å². The molecule has 0 bridgehead atoms. The van der Waals surface area contributed by atoms with Crippen molar-refractivity contribution in [1.82, 2.24) is 14.5 Å². The van der Waals surface area contributed by atoms with Gasteiger partial charge < -0.3 is 9.47 Å². The van der Waals surface area contributed by atoms with E-state index < -0.39 is 5.97 Å². The van der Waals surface area contributed by atoms with Crippen molar-refractivity contribution < 1.29 is 14.3 Å². The van der Waals surface area contributed by atoms with Gasteiger partial charge in [-0.05, 0) is 38.1 Å². The van der Waals surface area contributed by atoms with Crippen molar-refractivity contribution in [1.29, 1.82) is 0 Å². The van der Waals surface area contributed by atoms with Gasteiger partial charge in [0.25, 0.3) is 0 Å². The minimum Gasteiger partial charge on any atom is -0.460 e. The van der Waals surface area contributed by atoms with E-state index in [1.807, 2.05) is 42.7 Å². The molecule has 124 valence electrons. The Morgan fingerprint density at radius 3 is 2.71 bits per heavy atom. The summed E-state index contributed by atoms with van der Waals surface area (Å²) in [6, 6.07) is 11.3. The van der Waals surface area contributed by atoms with Crippen molar-refractivity contribution >= 4 is 17.0 Å². The van der Waals surface area contributed by atoms with Gasteiger partial charge in [0.05, 0.1) is 29.3 Å². The van der Waals surface area contributed by atoms with Crippen LogP contribution < -0.4 is 0 Å². The fourth-order valence-electron chi connectivity index (χ4n) is 2.29. The fourth-order valence-corrected chi connectivity index (χ4v) is 2.29. The number of pyridine rings is 1. The molecule has 24 heavy (non-hydrogen) atoms. The third kappa shape index (κ3) is 3.60. The highest BCUT2D eigenvalue weighted by molar-refractivity contribution is 5.89. The first kappa shape index (κ1) is 16.1. The first-order valence-corrected chi connectivity index (χ1v) is 7.82. The number of benzene rings is 1. The molecule has 0 aliphatic carbocycles. The Morgan fingerprint density at radius 1 is 1.12 bits per heavy atom. The van der Waals surface area contributed by atoms with E-state index >= 15 is 0 Å². The Balaban J connectivity index is 1.68. The molecule has 0 aliphatic heterocycles. The number of aromatic nitrogens is 3. The molecule has 2 heterocycles. The fraction of sp³-hybridized carbons (Fsp3) is 0.278. The van der Waals surface area contributed by atoms with Crippen LogP contribution in [0.5, 0.6) is 0 Å². The molecule has 3 aromatic rings. The number of hydrogen-bond donors (Lipinski definition) is 0.